The van der Waals surface area contributed by atoms with Crippen LogP contribution in [0.5, 0.6) is 0 Å². The van der Waals surface area contributed by atoms with Gasteiger partial charge in [-0.05, 0) is 42.5 Å². The van der Waals surface area contributed by atoms with Gasteiger partial charge in [0.15, 0.2) is 0 Å². The normalized spacial score (nSPS) is 13.6. The van der Waals surface area contributed by atoms with E-state index < -0.39 is 0 Å². The molecule has 0 fully saturated rings. The standard InChI is InChI=1S/C15H23Cl2NO/c1-15(2,3)9-11(10-19)18-8-7-12-13(16)5-4-6-14(12)17/h4-6,11,18-19H,7-10H2,1-3H3/t11-/m1/s1. The van der Waals surface area contributed by atoms with Crippen LogP contribution < -0.4 is 5.32 Å². The lowest BCUT2D eigenvalue weighted by molar-refractivity contribution is 0.199. The Hall–Kier alpha value is -0.280. The van der Waals surface area contributed by atoms with Crippen molar-refractivity contribution >= 4 is 23.2 Å². The molecule has 0 amide bonds. The predicted octanol–water partition coefficient (Wildman–Crippen LogP) is 3.92. The Labute approximate surface area is 126 Å². The lowest BCUT2D eigenvalue weighted by atomic mass is 9.88. The Kier molecular flexibility index (Phi) is 6.61. The van der Waals surface area contributed by atoms with Crippen LogP contribution in [-0.4, -0.2) is 24.3 Å². The van der Waals surface area contributed by atoms with Crippen molar-refractivity contribution < 1.29 is 5.11 Å². The molecule has 19 heavy (non-hydrogen) atoms. The van der Waals surface area contributed by atoms with E-state index >= 15 is 0 Å². The van der Waals surface area contributed by atoms with E-state index in [9.17, 15) is 5.11 Å². The van der Waals surface area contributed by atoms with E-state index in [0.717, 1.165) is 24.9 Å². The highest BCUT2D eigenvalue weighted by molar-refractivity contribution is 6.35. The molecule has 1 atom stereocenters. The van der Waals surface area contributed by atoms with Crippen LogP contribution >= 0.6 is 23.2 Å². The first kappa shape index (κ1) is 16.8. The monoisotopic (exact) mass is 303 g/mol. The quantitative estimate of drug-likeness (QED) is 0.835. The SMILES string of the molecule is CC(C)(C)C[C@H](CO)NCCc1c(Cl)cccc1Cl. The van der Waals surface area contributed by atoms with Gasteiger partial charge in [0, 0.05) is 16.1 Å². The summed E-state index contributed by atoms with van der Waals surface area (Å²) in [5.74, 6) is 0. The van der Waals surface area contributed by atoms with Gasteiger partial charge in [0.2, 0.25) is 0 Å². The molecule has 0 saturated carbocycles. The largest absolute Gasteiger partial charge is 0.395 e. The predicted molar refractivity (Wildman–Crippen MR) is 83.1 cm³/mol. The van der Waals surface area contributed by atoms with Gasteiger partial charge in [0.05, 0.1) is 6.61 Å². The fraction of sp³-hybridized carbons (Fsp3) is 0.600. The highest BCUT2D eigenvalue weighted by Gasteiger charge is 2.17. The second kappa shape index (κ2) is 7.49. The smallest absolute Gasteiger partial charge is 0.0584 e. The summed E-state index contributed by atoms with van der Waals surface area (Å²) in [6.07, 6.45) is 1.69. The summed E-state index contributed by atoms with van der Waals surface area (Å²) in [6, 6.07) is 5.65. The number of halogens is 2. The van der Waals surface area contributed by atoms with Crippen LogP contribution in [0.4, 0.5) is 0 Å². The molecule has 1 rings (SSSR count). The van der Waals surface area contributed by atoms with Crippen LogP contribution in [0.1, 0.15) is 32.8 Å². The molecular formula is C15H23Cl2NO. The molecule has 0 aliphatic rings. The lowest BCUT2D eigenvalue weighted by Crippen LogP contribution is -2.37. The maximum Gasteiger partial charge on any atom is 0.0584 e. The Morgan fingerprint density at radius 2 is 1.79 bits per heavy atom. The lowest BCUT2D eigenvalue weighted by Gasteiger charge is -2.25. The molecule has 1 aromatic carbocycles. The van der Waals surface area contributed by atoms with Crippen LogP contribution in [0.2, 0.25) is 10.0 Å². The summed E-state index contributed by atoms with van der Waals surface area (Å²) in [6.45, 7) is 7.41. The summed E-state index contributed by atoms with van der Waals surface area (Å²) >= 11 is 12.2. The van der Waals surface area contributed by atoms with Gasteiger partial charge in [-0.15, -0.1) is 0 Å². The van der Waals surface area contributed by atoms with Crippen molar-refractivity contribution in [3.63, 3.8) is 0 Å². The molecule has 2 N–H and O–H groups in total. The van der Waals surface area contributed by atoms with E-state index in [2.05, 4.69) is 26.1 Å². The minimum absolute atomic E-state index is 0.112. The molecule has 0 aliphatic heterocycles. The zero-order valence-corrected chi connectivity index (χ0v) is 13.4. The second-order valence-electron chi connectivity index (χ2n) is 6.05. The Bertz CT molecular complexity index is 381. The molecular weight excluding hydrogens is 281 g/mol. The van der Waals surface area contributed by atoms with Crippen molar-refractivity contribution in [3.8, 4) is 0 Å². The van der Waals surface area contributed by atoms with E-state index in [1.807, 2.05) is 18.2 Å². The van der Waals surface area contributed by atoms with Gasteiger partial charge in [0.25, 0.3) is 0 Å². The number of hydrogen-bond donors (Lipinski definition) is 2. The molecule has 0 bridgehead atoms. The van der Waals surface area contributed by atoms with Crippen molar-refractivity contribution in [1.82, 2.24) is 5.32 Å². The van der Waals surface area contributed by atoms with E-state index in [0.29, 0.717) is 10.0 Å². The maximum atomic E-state index is 9.38. The summed E-state index contributed by atoms with van der Waals surface area (Å²) in [5.41, 5.74) is 1.16. The molecule has 108 valence electrons. The highest BCUT2D eigenvalue weighted by atomic mass is 35.5. The molecule has 1 aromatic rings. The molecule has 0 heterocycles. The number of hydrogen-bond acceptors (Lipinski definition) is 2. The third-order valence-electron chi connectivity index (χ3n) is 2.95. The van der Waals surface area contributed by atoms with Gasteiger partial charge < -0.3 is 10.4 Å². The van der Waals surface area contributed by atoms with Crippen LogP contribution in [0.25, 0.3) is 0 Å². The third-order valence-corrected chi connectivity index (χ3v) is 3.66. The molecule has 0 aliphatic carbocycles. The van der Waals surface area contributed by atoms with Crippen LogP contribution in [-0.2, 0) is 6.42 Å². The molecule has 4 heteroatoms. The molecule has 0 unspecified atom stereocenters. The van der Waals surface area contributed by atoms with Crippen molar-refractivity contribution in [2.24, 2.45) is 5.41 Å². The van der Waals surface area contributed by atoms with Gasteiger partial charge in [-0.2, -0.15) is 0 Å². The van der Waals surface area contributed by atoms with Crippen molar-refractivity contribution in [2.45, 2.75) is 39.7 Å². The number of aliphatic hydroxyl groups excluding tert-OH is 1. The molecule has 0 saturated heterocycles. The topological polar surface area (TPSA) is 32.3 Å². The first-order valence-electron chi connectivity index (χ1n) is 6.60. The zero-order valence-electron chi connectivity index (χ0n) is 11.8. The minimum atomic E-state index is 0.112. The summed E-state index contributed by atoms with van der Waals surface area (Å²) in [4.78, 5) is 0. The molecule has 2 nitrogen and oxygen atoms in total. The average Bonchev–Trinajstić information content (AvgIpc) is 2.30. The van der Waals surface area contributed by atoms with Gasteiger partial charge in [-0.1, -0.05) is 50.0 Å². The second-order valence-corrected chi connectivity index (χ2v) is 6.86. The number of aliphatic hydroxyl groups is 1. The average molecular weight is 304 g/mol. The zero-order chi connectivity index (χ0) is 14.5. The van der Waals surface area contributed by atoms with E-state index in [-0.39, 0.29) is 18.1 Å². The number of benzene rings is 1. The van der Waals surface area contributed by atoms with E-state index in [1.54, 1.807) is 0 Å². The summed E-state index contributed by atoms with van der Waals surface area (Å²) < 4.78 is 0. The fourth-order valence-corrected chi connectivity index (χ4v) is 2.70. The summed E-state index contributed by atoms with van der Waals surface area (Å²) in [5, 5.41) is 14.1. The maximum absolute atomic E-state index is 9.38. The Morgan fingerprint density at radius 3 is 2.26 bits per heavy atom. The highest BCUT2D eigenvalue weighted by Crippen LogP contribution is 2.24. The van der Waals surface area contributed by atoms with Crippen LogP contribution in [0.3, 0.4) is 0 Å². The Morgan fingerprint density at radius 1 is 1.21 bits per heavy atom. The number of nitrogens with one attached hydrogen (secondary N) is 1. The third kappa shape index (κ3) is 6.13. The molecule has 0 radical (unpaired) electrons. The van der Waals surface area contributed by atoms with Crippen LogP contribution in [0, 0.1) is 5.41 Å². The first-order chi connectivity index (χ1) is 8.83. The van der Waals surface area contributed by atoms with Gasteiger partial charge in [-0.3, -0.25) is 0 Å². The van der Waals surface area contributed by atoms with E-state index in [4.69, 9.17) is 23.2 Å². The van der Waals surface area contributed by atoms with Crippen molar-refractivity contribution in [3.05, 3.63) is 33.8 Å². The minimum Gasteiger partial charge on any atom is -0.395 e. The van der Waals surface area contributed by atoms with Crippen molar-refractivity contribution in [2.75, 3.05) is 13.2 Å². The number of rotatable bonds is 6. The molecule has 0 spiro atoms. The van der Waals surface area contributed by atoms with Crippen molar-refractivity contribution in [1.29, 1.82) is 0 Å². The summed E-state index contributed by atoms with van der Waals surface area (Å²) in [7, 11) is 0. The Balaban J connectivity index is 2.49. The molecule has 0 aromatic heterocycles. The van der Waals surface area contributed by atoms with Crippen LogP contribution in [0.15, 0.2) is 18.2 Å². The first-order valence-corrected chi connectivity index (χ1v) is 7.36. The van der Waals surface area contributed by atoms with E-state index in [1.165, 1.54) is 0 Å². The van der Waals surface area contributed by atoms with Gasteiger partial charge in [-0.25, -0.2) is 0 Å². The van der Waals surface area contributed by atoms with Gasteiger partial charge in [0.1, 0.15) is 0 Å². The van der Waals surface area contributed by atoms with Gasteiger partial charge >= 0.3 is 0 Å². The fourth-order valence-electron chi connectivity index (χ4n) is 2.11.